The molecule has 0 unspecified atom stereocenters. The van der Waals surface area contributed by atoms with Crippen molar-refractivity contribution in [3.05, 3.63) is 60.2 Å². The van der Waals surface area contributed by atoms with Crippen molar-refractivity contribution >= 4 is 5.91 Å². The second kappa shape index (κ2) is 9.25. The molecule has 26 heavy (non-hydrogen) atoms. The molecule has 0 saturated carbocycles. The molecule has 0 aliphatic carbocycles. The molecule has 5 nitrogen and oxygen atoms in total. The predicted octanol–water partition coefficient (Wildman–Crippen LogP) is 2.81. The van der Waals surface area contributed by atoms with Crippen molar-refractivity contribution < 1.29 is 14.3 Å². The van der Waals surface area contributed by atoms with Crippen molar-refractivity contribution in [1.82, 2.24) is 9.80 Å². The van der Waals surface area contributed by atoms with E-state index in [0.29, 0.717) is 12.4 Å². The monoisotopic (exact) mass is 354 g/mol. The number of carbonyl (C=O) groups excluding carboxylic acids is 1. The Labute approximate surface area is 155 Å². The van der Waals surface area contributed by atoms with Crippen LogP contribution in [-0.4, -0.2) is 55.1 Å². The number of hydrogen-bond acceptors (Lipinski definition) is 4. The number of hydrogen-bond donors (Lipinski definition) is 0. The molecule has 0 bridgehead atoms. The lowest BCUT2D eigenvalue weighted by Crippen LogP contribution is -2.49. The summed E-state index contributed by atoms with van der Waals surface area (Å²) in [6.07, 6.45) is 0. The van der Waals surface area contributed by atoms with E-state index >= 15 is 0 Å². The highest BCUT2D eigenvalue weighted by Crippen LogP contribution is 2.17. The summed E-state index contributed by atoms with van der Waals surface area (Å²) in [4.78, 5) is 16.6. The number of rotatable bonds is 7. The fourth-order valence-electron chi connectivity index (χ4n) is 3.03. The Hall–Kier alpha value is -2.53. The molecule has 5 heteroatoms. The minimum absolute atomic E-state index is 0.0400. The van der Waals surface area contributed by atoms with Gasteiger partial charge in [-0.25, -0.2) is 0 Å². The third-order valence-electron chi connectivity index (χ3n) is 4.47. The third kappa shape index (κ3) is 5.23. The van der Waals surface area contributed by atoms with Gasteiger partial charge in [-0.3, -0.25) is 9.69 Å². The largest absolute Gasteiger partial charge is 0.494 e. The molecule has 1 heterocycles. The number of ether oxygens (including phenoxy) is 2. The Morgan fingerprint density at radius 3 is 2.12 bits per heavy atom. The van der Waals surface area contributed by atoms with Crippen LogP contribution in [0.15, 0.2) is 54.6 Å². The molecule has 1 aliphatic heterocycles. The van der Waals surface area contributed by atoms with E-state index in [1.807, 2.05) is 42.2 Å². The van der Waals surface area contributed by atoms with Gasteiger partial charge < -0.3 is 14.4 Å². The molecule has 0 N–H and O–H groups in total. The molecule has 0 radical (unpaired) electrons. The van der Waals surface area contributed by atoms with Gasteiger partial charge in [-0.2, -0.15) is 0 Å². The van der Waals surface area contributed by atoms with Crippen molar-refractivity contribution in [3.63, 3.8) is 0 Å². The van der Waals surface area contributed by atoms with Crippen LogP contribution in [0.2, 0.25) is 0 Å². The fourth-order valence-corrected chi connectivity index (χ4v) is 3.03. The van der Waals surface area contributed by atoms with Gasteiger partial charge in [0.25, 0.3) is 5.91 Å². The van der Waals surface area contributed by atoms with Crippen LogP contribution in [0.5, 0.6) is 11.5 Å². The Balaban J connectivity index is 1.40. The molecular weight excluding hydrogens is 328 g/mol. The van der Waals surface area contributed by atoms with E-state index in [1.54, 1.807) is 0 Å². The number of amides is 1. The first-order valence-electron chi connectivity index (χ1n) is 9.14. The number of benzene rings is 2. The molecule has 1 aliphatic rings. The first-order valence-corrected chi connectivity index (χ1v) is 9.14. The van der Waals surface area contributed by atoms with Crippen molar-refractivity contribution in [3.8, 4) is 11.5 Å². The van der Waals surface area contributed by atoms with E-state index in [9.17, 15) is 4.79 Å². The van der Waals surface area contributed by atoms with Crippen LogP contribution in [0.1, 0.15) is 12.5 Å². The highest BCUT2D eigenvalue weighted by atomic mass is 16.5. The van der Waals surface area contributed by atoms with Gasteiger partial charge >= 0.3 is 0 Å². The van der Waals surface area contributed by atoms with Gasteiger partial charge in [0.2, 0.25) is 0 Å². The van der Waals surface area contributed by atoms with Crippen LogP contribution < -0.4 is 9.47 Å². The predicted molar refractivity (Wildman–Crippen MR) is 101 cm³/mol. The maximum Gasteiger partial charge on any atom is 0.260 e. The maximum absolute atomic E-state index is 12.4. The molecule has 2 aromatic rings. The smallest absolute Gasteiger partial charge is 0.260 e. The number of piperazine rings is 1. The SMILES string of the molecule is CCOc1ccc(OCC(=O)N2CCN(Cc3ccccc3)CC2)cc1. The van der Waals surface area contributed by atoms with Crippen LogP contribution >= 0.6 is 0 Å². The average molecular weight is 354 g/mol. The molecule has 0 spiro atoms. The quantitative estimate of drug-likeness (QED) is 0.767. The zero-order valence-electron chi connectivity index (χ0n) is 15.3. The molecule has 2 aromatic carbocycles. The minimum Gasteiger partial charge on any atom is -0.494 e. The van der Waals surface area contributed by atoms with Crippen LogP contribution in [0.25, 0.3) is 0 Å². The zero-order chi connectivity index (χ0) is 18.2. The summed E-state index contributed by atoms with van der Waals surface area (Å²) in [5.74, 6) is 1.53. The molecular formula is C21H26N2O3. The van der Waals surface area contributed by atoms with Gasteiger partial charge in [0.15, 0.2) is 6.61 Å². The summed E-state index contributed by atoms with van der Waals surface area (Å²) in [6.45, 7) is 6.87. The summed E-state index contributed by atoms with van der Waals surface area (Å²) < 4.78 is 11.0. The highest BCUT2D eigenvalue weighted by Gasteiger charge is 2.21. The molecule has 0 aromatic heterocycles. The Bertz CT molecular complexity index is 680. The van der Waals surface area contributed by atoms with E-state index in [0.717, 1.165) is 38.5 Å². The van der Waals surface area contributed by atoms with Gasteiger partial charge in [-0.15, -0.1) is 0 Å². The van der Waals surface area contributed by atoms with E-state index < -0.39 is 0 Å². The fraction of sp³-hybridized carbons (Fsp3) is 0.381. The normalized spacial score (nSPS) is 14.9. The maximum atomic E-state index is 12.4. The lowest BCUT2D eigenvalue weighted by Gasteiger charge is -2.34. The van der Waals surface area contributed by atoms with Crippen molar-refractivity contribution in [2.75, 3.05) is 39.4 Å². The van der Waals surface area contributed by atoms with Crippen molar-refractivity contribution in [1.29, 1.82) is 0 Å². The highest BCUT2D eigenvalue weighted by molar-refractivity contribution is 5.77. The molecule has 138 valence electrons. The minimum atomic E-state index is 0.0400. The van der Waals surface area contributed by atoms with E-state index in [-0.39, 0.29) is 12.5 Å². The summed E-state index contributed by atoms with van der Waals surface area (Å²) >= 11 is 0. The Morgan fingerprint density at radius 2 is 1.50 bits per heavy atom. The first-order chi connectivity index (χ1) is 12.7. The van der Waals surface area contributed by atoms with Gasteiger partial charge in [0.1, 0.15) is 11.5 Å². The summed E-state index contributed by atoms with van der Waals surface area (Å²) in [5.41, 5.74) is 1.31. The molecule has 1 saturated heterocycles. The van der Waals surface area contributed by atoms with E-state index in [4.69, 9.17) is 9.47 Å². The van der Waals surface area contributed by atoms with Gasteiger partial charge in [0, 0.05) is 32.7 Å². The Morgan fingerprint density at radius 1 is 0.885 bits per heavy atom. The van der Waals surface area contributed by atoms with Gasteiger partial charge in [-0.05, 0) is 36.8 Å². The Kier molecular flexibility index (Phi) is 6.50. The van der Waals surface area contributed by atoms with Gasteiger partial charge in [-0.1, -0.05) is 30.3 Å². The van der Waals surface area contributed by atoms with Gasteiger partial charge in [0.05, 0.1) is 6.61 Å². The summed E-state index contributed by atoms with van der Waals surface area (Å²) in [6, 6.07) is 17.8. The molecule has 0 atom stereocenters. The first kappa shape index (κ1) is 18.3. The molecule has 1 amide bonds. The van der Waals surface area contributed by atoms with Crippen LogP contribution in [0, 0.1) is 0 Å². The topological polar surface area (TPSA) is 42.0 Å². The van der Waals surface area contributed by atoms with Crippen LogP contribution in [0.3, 0.4) is 0 Å². The number of carbonyl (C=O) groups is 1. The second-order valence-electron chi connectivity index (χ2n) is 6.34. The number of nitrogens with zero attached hydrogens (tertiary/aromatic N) is 2. The van der Waals surface area contributed by atoms with E-state index in [2.05, 4.69) is 29.2 Å². The average Bonchev–Trinajstić information content (AvgIpc) is 2.69. The van der Waals surface area contributed by atoms with Crippen LogP contribution in [0.4, 0.5) is 0 Å². The standard InChI is InChI=1S/C21H26N2O3/c1-2-25-19-8-10-20(11-9-19)26-17-21(24)23-14-12-22(13-15-23)16-18-6-4-3-5-7-18/h3-11H,2,12-17H2,1H3. The van der Waals surface area contributed by atoms with E-state index in [1.165, 1.54) is 5.56 Å². The van der Waals surface area contributed by atoms with Crippen molar-refractivity contribution in [2.24, 2.45) is 0 Å². The zero-order valence-corrected chi connectivity index (χ0v) is 15.3. The third-order valence-corrected chi connectivity index (χ3v) is 4.47. The lowest BCUT2D eigenvalue weighted by molar-refractivity contribution is -0.135. The lowest BCUT2D eigenvalue weighted by atomic mass is 10.2. The van der Waals surface area contributed by atoms with Crippen molar-refractivity contribution in [2.45, 2.75) is 13.5 Å². The summed E-state index contributed by atoms with van der Waals surface area (Å²) in [7, 11) is 0. The summed E-state index contributed by atoms with van der Waals surface area (Å²) in [5, 5.41) is 0. The van der Waals surface area contributed by atoms with Crippen LogP contribution in [-0.2, 0) is 11.3 Å². The second-order valence-corrected chi connectivity index (χ2v) is 6.34. The molecule has 3 rings (SSSR count). The molecule has 1 fully saturated rings.